The highest BCUT2D eigenvalue weighted by molar-refractivity contribution is 5.93. The number of esters is 1. The highest BCUT2D eigenvalue weighted by Crippen LogP contribution is 2.23. The Labute approximate surface area is 139 Å². The summed E-state index contributed by atoms with van der Waals surface area (Å²) in [5, 5.41) is 18.7. The second-order valence-electron chi connectivity index (χ2n) is 5.67. The molecular formula is C18H19N3O3. The number of aromatic hydroxyl groups is 1. The fraction of sp³-hybridized carbons (Fsp3) is 0.278. The van der Waals surface area contributed by atoms with E-state index in [1.807, 2.05) is 19.9 Å². The zero-order valence-electron chi connectivity index (χ0n) is 13.7. The molecule has 0 saturated carbocycles. The average molecular weight is 325 g/mol. The molecule has 0 fully saturated rings. The number of aromatic nitrogens is 3. The summed E-state index contributed by atoms with van der Waals surface area (Å²) in [5.74, 6) is -0.265. The van der Waals surface area contributed by atoms with E-state index in [0.29, 0.717) is 28.9 Å². The third-order valence-electron chi connectivity index (χ3n) is 3.69. The highest BCUT2D eigenvalue weighted by atomic mass is 16.5. The number of benzene rings is 2. The summed E-state index contributed by atoms with van der Waals surface area (Å²) in [6.45, 7) is 4.38. The Morgan fingerprint density at radius 3 is 2.75 bits per heavy atom. The number of ether oxygens (including phenoxy) is 1. The standard InChI is InChI=1S/C18H19N3O3/c1-3-4-9-24-18(23)13-6-7-14-15(11-13)20-21(19-14)16-10-12(2)5-8-17(16)22/h5-8,10-11,22H,3-4,9H2,1-2H3. The number of unbranched alkanes of at least 4 members (excludes halogenated alkanes) is 1. The quantitative estimate of drug-likeness (QED) is 0.575. The van der Waals surface area contributed by atoms with Gasteiger partial charge < -0.3 is 9.84 Å². The summed E-state index contributed by atoms with van der Waals surface area (Å²) >= 11 is 0. The molecule has 0 aliphatic carbocycles. The van der Waals surface area contributed by atoms with E-state index in [-0.39, 0.29) is 11.7 Å². The molecule has 0 bridgehead atoms. The average Bonchev–Trinajstić information content (AvgIpc) is 3.00. The predicted molar refractivity (Wildman–Crippen MR) is 90.5 cm³/mol. The number of phenols is 1. The van der Waals surface area contributed by atoms with E-state index in [0.717, 1.165) is 18.4 Å². The van der Waals surface area contributed by atoms with E-state index < -0.39 is 0 Å². The van der Waals surface area contributed by atoms with Gasteiger partial charge in [-0.05, 0) is 49.2 Å². The van der Waals surface area contributed by atoms with Crippen molar-refractivity contribution in [1.82, 2.24) is 15.0 Å². The summed E-state index contributed by atoms with van der Waals surface area (Å²) in [7, 11) is 0. The second kappa shape index (κ2) is 6.70. The van der Waals surface area contributed by atoms with Gasteiger partial charge in [-0.25, -0.2) is 4.79 Å². The smallest absolute Gasteiger partial charge is 0.338 e. The van der Waals surface area contributed by atoms with E-state index >= 15 is 0 Å². The molecule has 3 rings (SSSR count). The molecule has 1 heterocycles. The van der Waals surface area contributed by atoms with Crippen molar-refractivity contribution in [3.8, 4) is 11.4 Å². The number of hydrogen-bond donors (Lipinski definition) is 1. The molecule has 0 spiro atoms. The van der Waals surface area contributed by atoms with Crippen LogP contribution < -0.4 is 0 Å². The Kier molecular flexibility index (Phi) is 4.46. The van der Waals surface area contributed by atoms with Crippen LogP contribution >= 0.6 is 0 Å². The SMILES string of the molecule is CCCCOC(=O)c1ccc2nn(-c3cc(C)ccc3O)nc2c1. The van der Waals surface area contributed by atoms with E-state index in [2.05, 4.69) is 10.2 Å². The highest BCUT2D eigenvalue weighted by Gasteiger charge is 2.12. The van der Waals surface area contributed by atoms with Gasteiger partial charge in [-0.15, -0.1) is 15.0 Å². The maximum Gasteiger partial charge on any atom is 0.338 e. The van der Waals surface area contributed by atoms with Crippen LogP contribution in [0.3, 0.4) is 0 Å². The van der Waals surface area contributed by atoms with Gasteiger partial charge in [0.15, 0.2) is 0 Å². The molecule has 1 aromatic heterocycles. The van der Waals surface area contributed by atoms with E-state index in [1.54, 1.807) is 30.3 Å². The molecule has 0 saturated heterocycles. The van der Waals surface area contributed by atoms with E-state index in [4.69, 9.17) is 4.74 Å². The molecule has 0 radical (unpaired) electrons. The lowest BCUT2D eigenvalue weighted by Gasteiger charge is -2.03. The number of hydrogen-bond acceptors (Lipinski definition) is 5. The third-order valence-corrected chi connectivity index (χ3v) is 3.69. The molecule has 24 heavy (non-hydrogen) atoms. The first-order valence-corrected chi connectivity index (χ1v) is 7.92. The molecule has 0 unspecified atom stereocenters. The van der Waals surface area contributed by atoms with Crippen LogP contribution in [0.15, 0.2) is 36.4 Å². The fourth-order valence-corrected chi connectivity index (χ4v) is 2.34. The molecule has 1 N–H and O–H groups in total. The van der Waals surface area contributed by atoms with Crippen molar-refractivity contribution in [2.24, 2.45) is 0 Å². The maximum absolute atomic E-state index is 12.0. The van der Waals surface area contributed by atoms with E-state index in [1.165, 1.54) is 4.80 Å². The largest absolute Gasteiger partial charge is 0.506 e. The number of phenolic OH excluding ortho intramolecular Hbond substituents is 1. The fourth-order valence-electron chi connectivity index (χ4n) is 2.34. The van der Waals surface area contributed by atoms with Crippen molar-refractivity contribution >= 4 is 17.0 Å². The minimum absolute atomic E-state index is 0.0973. The van der Waals surface area contributed by atoms with Crippen molar-refractivity contribution < 1.29 is 14.6 Å². The van der Waals surface area contributed by atoms with Gasteiger partial charge in [-0.3, -0.25) is 0 Å². The lowest BCUT2D eigenvalue weighted by Crippen LogP contribution is -2.06. The van der Waals surface area contributed by atoms with Crippen LogP contribution in [0, 0.1) is 6.92 Å². The molecule has 2 aromatic carbocycles. The van der Waals surface area contributed by atoms with Gasteiger partial charge in [0.05, 0.1) is 12.2 Å². The van der Waals surface area contributed by atoms with Gasteiger partial charge in [-0.2, -0.15) is 0 Å². The summed E-state index contributed by atoms with van der Waals surface area (Å²) < 4.78 is 5.21. The summed E-state index contributed by atoms with van der Waals surface area (Å²) in [5.41, 5.74) is 3.14. The summed E-state index contributed by atoms with van der Waals surface area (Å²) in [4.78, 5) is 13.4. The first-order chi connectivity index (χ1) is 11.6. The molecule has 124 valence electrons. The number of nitrogens with zero attached hydrogens (tertiary/aromatic N) is 3. The first kappa shape index (κ1) is 16.0. The third kappa shape index (κ3) is 3.22. The van der Waals surface area contributed by atoms with Crippen LogP contribution in [-0.2, 0) is 4.74 Å². The molecule has 6 nitrogen and oxygen atoms in total. The number of fused-ring (bicyclic) bond motifs is 1. The summed E-state index contributed by atoms with van der Waals surface area (Å²) in [6, 6.07) is 10.3. The van der Waals surface area contributed by atoms with Crippen molar-refractivity contribution in [3.63, 3.8) is 0 Å². The van der Waals surface area contributed by atoms with Crippen LogP contribution in [0.4, 0.5) is 0 Å². The Morgan fingerprint density at radius 2 is 1.96 bits per heavy atom. The molecular weight excluding hydrogens is 306 g/mol. The van der Waals surface area contributed by atoms with Gasteiger partial charge in [-0.1, -0.05) is 19.4 Å². The lowest BCUT2D eigenvalue weighted by molar-refractivity contribution is 0.0500. The molecule has 0 atom stereocenters. The Hall–Kier alpha value is -2.89. The number of carbonyl (C=O) groups excluding carboxylic acids is 1. The normalized spacial score (nSPS) is 10.9. The van der Waals surface area contributed by atoms with Gasteiger partial charge in [0.2, 0.25) is 0 Å². The second-order valence-corrected chi connectivity index (χ2v) is 5.67. The molecule has 0 aliphatic heterocycles. The molecule has 3 aromatic rings. The van der Waals surface area contributed by atoms with Crippen LogP contribution in [0.1, 0.15) is 35.7 Å². The predicted octanol–water partition coefficient (Wildman–Crippen LogP) is 3.39. The Balaban J connectivity index is 1.91. The van der Waals surface area contributed by atoms with E-state index in [9.17, 15) is 9.90 Å². The topological polar surface area (TPSA) is 77.2 Å². The van der Waals surface area contributed by atoms with Crippen molar-refractivity contribution in [2.75, 3.05) is 6.61 Å². The minimum Gasteiger partial charge on any atom is -0.506 e. The van der Waals surface area contributed by atoms with Crippen molar-refractivity contribution in [3.05, 3.63) is 47.5 Å². The lowest BCUT2D eigenvalue weighted by atomic mass is 10.2. The monoisotopic (exact) mass is 325 g/mol. The number of aryl methyl sites for hydroxylation is 1. The van der Waals surface area contributed by atoms with Gasteiger partial charge in [0.25, 0.3) is 0 Å². The molecule has 6 heteroatoms. The maximum atomic E-state index is 12.0. The number of rotatable bonds is 5. The first-order valence-electron chi connectivity index (χ1n) is 7.92. The van der Waals surface area contributed by atoms with Crippen LogP contribution in [0.2, 0.25) is 0 Å². The number of carbonyl (C=O) groups is 1. The van der Waals surface area contributed by atoms with Gasteiger partial charge in [0, 0.05) is 0 Å². The Bertz CT molecular complexity index is 886. The van der Waals surface area contributed by atoms with Gasteiger partial charge >= 0.3 is 5.97 Å². The minimum atomic E-state index is -0.363. The zero-order chi connectivity index (χ0) is 17.1. The zero-order valence-corrected chi connectivity index (χ0v) is 13.7. The van der Waals surface area contributed by atoms with Crippen LogP contribution in [-0.4, -0.2) is 32.7 Å². The Morgan fingerprint density at radius 1 is 1.17 bits per heavy atom. The molecule has 0 aliphatic rings. The van der Waals surface area contributed by atoms with Crippen molar-refractivity contribution in [2.45, 2.75) is 26.7 Å². The summed E-state index contributed by atoms with van der Waals surface area (Å²) in [6.07, 6.45) is 1.82. The van der Waals surface area contributed by atoms with Crippen LogP contribution in [0.5, 0.6) is 5.75 Å². The van der Waals surface area contributed by atoms with Crippen molar-refractivity contribution in [1.29, 1.82) is 0 Å². The van der Waals surface area contributed by atoms with Crippen LogP contribution in [0.25, 0.3) is 16.7 Å². The molecule has 0 amide bonds. The van der Waals surface area contributed by atoms with Gasteiger partial charge in [0.1, 0.15) is 22.5 Å².